The number of para-hydroxylation sites is 1. The van der Waals surface area contributed by atoms with Crippen LogP contribution in [0.15, 0.2) is 66.7 Å². The summed E-state index contributed by atoms with van der Waals surface area (Å²) in [6.45, 7) is 0.274. The van der Waals surface area contributed by atoms with Crippen LogP contribution in [0.3, 0.4) is 0 Å². The summed E-state index contributed by atoms with van der Waals surface area (Å²) in [6.07, 6.45) is 0. The van der Waals surface area contributed by atoms with Crippen LogP contribution in [0.2, 0.25) is 10.0 Å². The first kappa shape index (κ1) is 16.5. The Hall–Kier alpha value is -2.36. The molecule has 0 aliphatic carbocycles. The van der Waals surface area contributed by atoms with Crippen LogP contribution in [0, 0.1) is 0 Å². The molecular weight excluding hydrogens is 347 g/mol. The van der Waals surface area contributed by atoms with E-state index in [9.17, 15) is 5.11 Å². The average molecular weight is 361 g/mol. The van der Waals surface area contributed by atoms with E-state index in [0.29, 0.717) is 11.5 Å². The summed E-state index contributed by atoms with van der Waals surface area (Å²) in [5.41, 5.74) is 0.906. The average Bonchev–Trinajstić information content (AvgIpc) is 2.55. The molecule has 0 aromatic heterocycles. The Morgan fingerprint density at radius 3 is 2.17 bits per heavy atom. The monoisotopic (exact) mass is 360 g/mol. The summed E-state index contributed by atoms with van der Waals surface area (Å²) in [7, 11) is 0. The molecule has 0 spiro atoms. The highest BCUT2D eigenvalue weighted by molar-refractivity contribution is 6.37. The van der Waals surface area contributed by atoms with Gasteiger partial charge in [-0.1, -0.05) is 53.5 Å². The zero-order valence-corrected chi connectivity index (χ0v) is 14.1. The van der Waals surface area contributed by atoms with Crippen molar-refractivity contribution < 1.29 is 14.6 Å². The van der Waals surface area contributed by atoms with E-state index < -0.39 is 0 Å². The van der Waals surface area contributed by atoms with E-state index in [0.717, 1.165) is 11.3 Å². The third-order valence-electron chi connectivity index (χ3n) is 3.24. The number of aromatic hydroxyl groups is 1. The zero-order valence-electron chi connectivity index (χ0n) is 12.6. The van der Waals surface area contributed by atoms with Crippen molar-refractivity contribution in [2.75, 3.05) is 0 Å². The maximum Gasteiger partial charge on any atom is 0.157 e. The van der Waals surface area contributed by atoms with E-state index in [1.54, 1.807) is 0 Å². The van der Waals surface area contributed by atoms with Crippen molar-refractivity contribution in [3.63, 3.8) is 0 Å². The first-order chi connectivity index (χ1) is 11.6. The molecule has 122 valence electrons. The molecule has 0 fully saturated rings. The van der Waals surface area contributed by atoms with Gasteiger partial charge in [-0.05, 0) is 29.8 Å². The second-order valence-electron chi connectivity index (χ2n) is 5.09. The third kappa shape index (κ3) is 4.13. The lowest BCUT2D eigenvalue weighted by Crippen LogP contribution is -1.97. The smallest absolute Gasteiger partial charge is 0.157 e. The first-order valence-electron chi connectivity index (χ1n) is 7.24. The Balaban J connectivity index is 1.71. The van der Waals surface area contributed by atoms with Crippen molar-refractivity contribution in [2.24, 2.45) is 0 Å². The molecule has 1 N–H and O–H groups in total. The van der Waals surface area contributed by atoms with E-state index >= 15 is 0 Å². The van der Waals surface area contributed by atoms with Crippen molar-refractivity contribution in [3.8, 4) is 23.0 Å². The van der Waals surface area contributed by atoms with E-state index in [-0.39, 0.29) is 22.4 Å². The highest BCUT2D eigenvalue weighted by Gasteiger charge is 2.10. The molecule has 0 saturated carbocycles. The molecule has 0 unspecified atom stereocenters. The molecule has 3 rings (SSSR count). The Bertz CT molecular complexity index is 812. The molecule has 0 aliphatic rings. The highest BCUT2D eigenvalue weighted by atomic mass is 35.5. The van der Waals surface area contributed by atoms with Gasteiger partial charge in [-0.2, -0.15) is 0 Å². The van der Waals surface area contributed by atoms with E-state index in [4.69, 9.17) is 32.7 Å². The van der Waals surface area contributed by atoms with Gasteiger partial charge in [0.05, 0.1) is 10.0 Å². The summed E-state index contributed by atoms with van der Waals surface area (Å²) in [5, 5.41) is 9.96. The summed E-state index contributed by atoms with van der Waals surface area (Å²) >= 11 is 12.1. The Morgan fingerprint density at radius 2 is 1.46 bits per heavy atom. The van der Waals surface area contributed by atoms with E-state index in [2.05, 4.69) is 0 Å². The zero-order chi connectivity index (χ0) is 16.9. The highest BCUT2D eigenvalue weighted by Crippen LogP contribution is 2.37. The summed E-state index contributed by atoms with van der Waals surface area (Å²) in [6, 6.07) is 19.9. The van der Waals surface area contributed by atoms with Gasteiger partial charge in [0.15, 0.2) is 5.75 Å². The van der Waals surface area contributed by atoms with Crippen LogP contribution in [0.5, 0.6) is 23.0 Å². The maximum atomic E-state index is 9.44. The minimum atomic E-state index is -0.00407. The lowest BCUT2D eigenvalue weighted by Gasteiger charge is -2.11. The Morgan fingerprint density at radius 1 is 0.792 bits per heavy atom. The topological polar surface area (TPSA) is 38.7 Å². The largest absolute Gasteiger partial charge is 0.508 e. The molecule has 24 heavy (non-hydrogen) atoms. The van der Waals surface area contributed by atoms with Gasteiger partial charge in [0.2, 0.25) is 0 Å². The number of phenolic OH excluding ortho intramolecular Hbond substituents is 1. The van der Waals surface area contributed by atoms with Crippen molar-refractivity contribution in [2.45, 2.75) is 6.61 Å². The lowest BCUT2D eigenvalue weighted by molar-refractivity contribution is 0.305. The maximum absolute atomic E-state index is 9.44. The Kier molecular flexibility index (Phi) is 5.14. The van der Waals surface area contributed by atoms with Crippen LogP contribution < -0.4 is 9.47 Å². The lowest BCUT2D eigenvalue weighted by atomic mass is 10.2. The fourth-order valence-electron chi connectivity index (χ4n) is 2.16. The van der Waals surface area contributed by atoms with Gasteiger partial charge >= 0.3 is 0 Å². The number of halogens is 2. The van der Waals surface area contributed by atoms with Gasteiger partial charge in [0.25, 0.3) is 0 Å². The molecule has 0 heterocycles. The fraction of sp³-hybridized carbons (Fsp3) is 0.0526. The van der Waals surface area contributed by atoms with Crippen molar-refractivity contribution in [3.05, 3.63) is 82.3 Å². The molecule has 0 atom stereocenters. The normalized spacial score (nSPS) is 10.4. The number of rotatable bonds is 5. The van der Waals surface area contributed by atoms with Crippen molar-refractivity contribution in [1.29, 1.82) is 0 Å². The molecule has 0 saturated heterocycles. The van der Waals surface area contributed by atoms with E-state index in [1.165, 1.54) is 12.1 Å². The van der Waals surface area contributed by atoms with Crippen LogP contribution in [0.4, 0.5) is 0 Å². The SMILES string of the molecule is Oc1cc(Cl)c(OCc2cccc(Oc3ccccc3)c2)c(Cl)c1. The quantitative estimate of drug-likeness (QED) is 0.599. The minimum Gasteiger partial charge on any atom is -0.508 e. The summed E-state index contributed by atoms with van der Waals surface area (Å²) < 4.78 is 11.5. The van der Waals surface area contributed by atoms with Crippen LogP contribution in [0.25, 0.3) is 0 Å². The second-order valence-corrected chi connectivity index (χ2v) is 5.90. The van der Waals surface area contributed by atoms with Gasteiger partial charge in [-0.25, -0.2) is 0 Å². The fourth-order valence-corrected chi connectivity index (χ4v) is 2.75. The van der Waals surface area contributed by atoms with Gasteiger partial charge in [0.1, 0.15) is 23.9 Å². The molecule has 3 aromatic rings. The standard InChI is InChI=1S/C19H14Cl2O3/c20-17-10-14(22)11-18(21)19(17)23-12-13-5-4-8-16(9-13)24-15-6-2-1-3-7-15/h1-11,22H,12H2. The molecule has 3 nitrogen and oxygen atoms in total. The molecular formula is C19H14Cl2O3. The summed E-state index contributed by atoms with van der Waals surface area (Å²) in [4.78, 5) is 0. The molecule has 0 amide bonds. The first-order valence-corrected chi connectivity index (χ1v) is 8.00. The molecule has 3 aromatic carbocycles. The van der Waals surface area contributed by atoms with Crippen LogP contribution in [-0.2, 0) is 6.61 Å². The van der Waals surface area contributed by atoms with Gasteiger partial charge in [0, 0.05) is 12.1 Å². The number of hydrogen-bond donors (Lipinski definition) is 1. The minimum absolute atomic E-state index is 0.00407. The second kappa shape index (κ2) is 7.47. The predicted molar refractivity (Wildman–Crippen MR) is 95.4 cm³/mol. The van der Waals surface area contributed by atoms with E-state index in [1.807, 2.05) is 54.6 Å². The van der Waals surface area contributed by atoms with Crippen molar-refractivity contribution in [1.82, 2.24) is 0 Å². The van der Waals surface area contributed by atoms with Crippen molar-refractivity contribution >= 4 is 23.2 Å². The van der Waals surface area contributed by atoms with Crippen LogP contribution in [-0.4, -0.2) is 5.11 Å². The van der Waals surface area contributed by atoms with Gasteiger partial charge in [-0.3, -0.25) is 0 Å². The van der Waals surface area contributed by atoms with Gasteiger partial charge in [-0.15, -0.1) is 0 Å². The number of benzene rings is 3. The predicted octanol–water partition coefficient (Wildman–Crippen LogP) is 6.07. The molecule has 0 radical (unpaired) electrons. The van der Waals surface area contributed by atoms with Crippen LogP contribution in [0.1, 0.15) is 5.56 Å². The van der Waals surface area contributed by atoms with Crippen LogP contribution >= 0.6 is 23.2 Å². The number of phenols is 1. The molecule has 5 heteroatoms. The molecule has 0 aliphatic heterocycles. The summed E-state index contributed by atoms with van der Waals surface area (Å²) in [5.74, 6) is 1.81. The van der Waals surface area contributed by atoms with Gasteiger partial charge < -0.3 is 14.6 Å². The molecule has 0 bridgehead atoms. The Labute approximate surface area is 150 Å². The number of ether oxygens (including phenoxy) is 2. The third-order valence-corrected chi connectivity index (χ3v) is 3.81. The number of hydrogen-bond acceptors (Lipinski definition) is 3.